The molecule has 2 rings (SSSR count). The van der Waals surface area contributed by atoms with Gasteiger partial charge in [0, 0.05) is 23.2 Å². The third-order valence-corrected chi connectivity index (χ3v) is 3.70. The molecule has 108 valence electrons. The summed E-state index contributed by atoms with van der Waals surface area (Å²) in [6, 6.07) is 7.99. The summed E-state index contributed by atoms with van der Waals surface area (Å²) in [5.41, 5.74) is 3.24. The van der Waals surface area contributed by atoms with E-state index in [2.05, 4.69) is 25.2 Å². The second kappa shape index (κ2) is 5.71. The number of hydrogen-bond donors (Lipinski definition) is 2. The second-order valence-electron chi connectivity index (χ2n) is 5.54. The smallest absolute Gasteiger partial charge is 0.120 e. The van der Waals surface area contributed by atoms with Crippen LogP contribution in [0.3, 0.4) is 0 Å². The summed E-state index contributed by atoms with van der Waals surface area (Å²) in [5, 5.41) is 13.5. The van der Waals surface area contributed by atoms with Gasteiger partial charge in [-0.3, -0.25) is 0 Å². The summed E-state index contributed by atoms with van der Waals surface area (Å²) >= 11 is 0. The van der Waals surface area contributed by atoms with E-state index >= 15 is 0 Å². The van der Waals surface area contributed by atoms with E-state index in [1.807, 2.05) is 32.9 Å². The molecule has 1 aromatic heterocycles. The van der Waals surface area contributed by atoms with Gasteiger partial charge < -0.3 is 14.8 Å². The highest BCUT2D eigenvalue weighted by molar-refractivity contribution is 5.38. The SMILES string of the molecule is Cc1ccc(O)c(C(C)NC(C)c2cc(C)oc2C)c1. The molecule has 2 atom stereocenters. The van der Waals surface area contributed by atoms with Crippen molar-refractivity contribution in [2.75, 3.05) is 0 Å². The van der Waals surface area contributed by atoms with Crippen molar-refractivity contribution in [3.8, 4) is 5.75 Å². The summed E-state index contributed by atoms with van der Waals surface area (Å²) in [4.78, 5) is 0. The highest BCUT2D eigenvalue weighted by Gasteiger charge is 2.17. The van der Waals surface area contributed by atoms with Crippen LogP contribution in [0.2, 0.25) is 0 Å². The summed E-state index contributed by atoms with van der Waals surface area (Å²) in [7, 11) is 0. The summed E-state index contributed by atoms with van der Waals surface area (Å²) in [6.07, 6.45) is 0. The van der Waals surface area contributed by atoms with Gasteiger partial charge in [0.15, 0.2) is 0 Å². The van der Waals surface area contributed by atoms with Gasteiger partial charge in [0.2, 0.25) is 0 Å². The topological polar surface area (TPSA) is 45.4 Å². The van der Waals surface area contributed by atoms with Crippen LogP contribution in [0, 0.1) is 20.8 Å². The van der Waals surface area contributed by atoms with Crippen LogP contribution in [-0.2, 0) is 0 Å². The molecule has 0 radical (unpaired) electrons. The normalized spacial score (nSPS) is 14.2. The van der Waals surface area contributed by atoms with Crippen LogP contribution in [0.5, 0.6) is 5.75 Å². The number of aromatic hydroxyl groups is 1. The Hall–Kier alpha value is -1.74. The van der Waals surface area contributed by atoms with E-state index in [0.717, 1.165) is 22.6 Å². The van der Waals surface area contributed by atoms with E-state index < -0.39 is 0 Å². The van der Waals surface area contributed by atoms with Crippen LogP contribution in [0.4, 0.5) is 0 Å². The molecule has 0 aliphatic carbocycles. The van der Waals surface area contributed by atoms with Crippen LogP contribution >= 0.6 is 0 Å². The molecular weight excluding hydrogens is 250 g/mol. The minimum Gasteiger partial charge on any atom is -0.508 e. The highest BCUT2D eigenvalue weighted by atomic mass is 16.3. The Kier molecular flexibility index (Phi) is 4.19. The fraction of sp³-hybridized carbons (Fsp3) is 0.412. The first-order chi connectivity index (χ1) is 9.38. The van der Waals surface area contributed by atoms with E-state index in [1.165, 1.54) is 5.56 Å². The van der Waals surface area contributed by atoms with E-state index in [0.29, 0.717) is 5.75 Å². The molecule has 0 bridgehead atoms. The number of furan rings is 1. The lowest BCUT2D eigenvalue weighted by molar-refractivity contribution is 0.434. The zero-order valence-corrected chi connectivity index (χ0v) is 12.8. The minimum absolute atomic E-state index is 0.0690. The first kappa shape index (κ1) is 14.7. The average molecular weight is 273 g/mol. The summed E-state index contributed by atoms with van der Waals surface area (Å²) in [5.74, 6) is 2.21. The number of nitrogens with one attached hydrogen (secondary N) is 1. The van der Waals surface area contributed by atoms with Crippen molar-refractivity contribution < 1.29 is 9.52 Å². The fourth-order valence-corrected chi connectivity index (χ4v) is 2.66. The zero-order chi connectivity index (χ0) is 14.9. The molecule has 2 unspecified atom stereocenters. The molecule has 2 aromatic rings. The largest absolute Gasteiger partial charge is 0.508 e. The molecule has 0 saturated carbocycles. The van der Waals surface area contributed by atoms with Crippen molar-refractivity contribution in [3.05, 3.63) is 52.5 Å². The molecule has 0 aliphatic rings. The molecular formula is C17H23NO2. The third-order valence-electron chi connectivity index (χ3n) is 3.70. The lowest BCUT2D eigenvalue weighted by Gasteiger charge is -2.21. The van der Waals surface area contributed by atoms with Gasteiger partial charge in [-0.05, 0) is 46.8 Å². The number of hydrogen-bond acceptors (Lipinski definition) is 3. The molecule has 0 aliphatic heterocycles. The van der Waals surface area contributed by atoms with Crippen molar-refractivity contribution >= 4 is 0 Å². The molecule has 0 amide bonds. The Bertz CT molecular complexity index is 601. The van der Waals surface area contributed by atoms with Gasteiger partial charge in [0.05, 0.1) is 0 Å². The molecule has 0 saturated heterocycles. The zero-order valence-electron chi connectivity index (χ0n) is 12.8. The van der Waals surface area contributed by atoms with Crippen LogP contribution in [0.25, 0.3) is 0 Å². The summed E-state index contributed by atoms with van der Waals surface area (Å²) < 4.78 is 5.58. The Morgan fingerprint density at radius 3 is 2.25 bits per heavy atom. The molecule has 2 N–H and O–H groups in total. The van der Waals surface area contributed by atoms with Crippen molar-refractivity contribution in [1.82, 2.24) is 5.32 Å². The van der Waals surface area contributed by atoms with Crippen LogP contribution in [-0.4, -0.2) is 5.11 Å². The average Bonchev–Trinajstić information content (AvgIpc) is 2.71. The molecule has 3 heteroatoms. The van der Waals surface area contributed by atoms with Crippen molar-refractivity contribution in [1.29, 1.82) is 0 Å². The fourth-order valence-electron chi connectivity index (χ4n) is 2.66. The van der Waals surface area contributed by atoms with Gasteiger partial charge in [-0.25, -0.2) is 0 Å². The first-order valence-electron chi connectivity index (χ1n) is 7.01. The monoisotopic (exact) mass is 273 g/mol. The quantitative estimate of drug-likeness (QED) is 0.872. The maximum absolute atomic E-state index is 9.99. The van der Waals surface area contributed by atoms with E-state index in [9.17, 15) is 5.11 Å². The Morgan fingerprint density at radius 2 is 1.65 bits per heavy atom. The van der Waals surface area contributed by atoms with Crippen molar-refractivity contribution in [2.45, 2.75) is 46.7 Å². The molecule has 0 fully saturated rings. The van der Waals surface area contributed by atoms with Crippen LogP contribution in [0.1, 0.15) is 54.1 Å². The standard InChI is InChI=1S/C17H23NO2/c1-10-6-7-17(19)16(8-10)13(4)18-12(3)15-9-11(2)20-14(15)5/h6-9,12-13,18-19H,1-5H3. The van der Waals surface area contributed by atoms with Gasteiger partial charge in [-0.15, -0.1) is 0 Å². The number of aryl methyl sites for hydroxylation is 3. The number of phenols is 1. The number of rotatable bonds is 4. The van der Waals surface area contributed by atoms with Crippen LogP contribution in [0.15, 0.2) is 28.7 Å². The van der Waals surface area contributed by atoms with Gasteiger partial charge in [0.25, 0.3) is 0 Å². The predicted octanol–water partition coefficient (Wildman–Crippen LogP) is 4.32. The first-order valence-corrected chi connectivity index (χ1v) is 7.01. The van der Waals surface area contributed by atoms with Gasteiger partial charge in [-0.1, -0.05) is 17.7 Å². The highest BCUT2D eigenvalue weighted by Crippen LogP contribution is 2.28. The minimum atomic E-state index is 0.0690. The third kappa shape index (κ3) is 3.05. The van der Waals surface area contributed by atoms with Crippen LogP contribution < -0.4 is 5.32 Å². The lowest BCUT2D eigenvalue weighted by atomic mass is 10.0. The maximum Gasteiger partial charge on any atom is 0.120 e. The second-order valence-corrected chi connectivity index (χ2v) is 5.54. The predicted molar refractivity (Wildman–Crippen MR) is 81.0 cm³/mol. The Balaban J connectivity index is 2.17. The molecule has 1 heterocycles. The molecule has 0 spiro atoms. The molecule has 1 aromatic carbocycles. The van der Waals surface area contributed by atoms with E-state index in [-0.39, 0.29) is 12.1 Å². The van der Waals surface area contributed by atoms with Crippen molar-refractivity contribution in [2.24, 2.45) is 0 Å². The van der Waals surface area contributed by atoms with Gasteiger partial charge in [-0.2, -0.15) is 0 Å². The Morgan fingerprint density at radius 1 is 1.00 bits per heavy atom. The van der Waals surface area contributed by atoms with E-state index in [1.54, 1.807) is 6.07 Å². The number of benzene rings is 1. The van der Waals surface area contributed by atoms with E-state index in [4.69, 9.17) is 4.42 Å². The Labute approximate surface area is 120 Å². The molecule has 3 nitrogen and oxygen atoms in total. The molecule has 20 heavy (non-hydrogen) atoms. The van der Waals surface area contributed by atoms with Gasteiger partial charge >= 0.3 is 0 Å². The number of phenolic OH excluding ortho intramolecular Hbond substituents is 1. The summed E-state index contributed by atoms with van der Waals surface area (Å²) in [6.45, 7) is 10.1. The maximum atomic E-state index is 9.99. The lowest BCUT2D eigenvalue weighted by Crippen LogP contribution is -2.22. The van der Waals surface area contributed by atoms with Gasteiger partial charge in [0.1, 0.15) is 17.3 Å². The van der Waals surface area contributed by atoms with Crippen molar-refractivity contribution in [3.63, 3.8) is 0 Å².